The van der Waals surface area contributed by atoms with E-state index in [0.717, 1.165) is 11.8 Å². The summed E-state index contributed by atoms with van der Waals surface area (Å²) in [4.78, 5) is 11.2. The molecule has 0 radical (unpaired) electrons. The van der Waals surface area contributed by atoms with Crippen LogP contribution in [-0.4, -0.2) is 29.8 Å². The number of alkyl halides is 3. The lowest BCUT2D eigenvalue weighted by Crippen LogP contribution is -2.16. The topological polar surface area (TPSA) is 46.5 Å². The molecule has 0 spiro atoms. The molecule has 0 heterocycles. The van der Waals surface area contributed by atoms with Crippen LogP contribution in [0.15, 0.2) is 27.6 Å². The maximum atomic E-state index is 11.8. The highest BCUT2D eigenvalue weighted by molar-refractivity contribution is 9.10. The number of halogens is 4. The van der Waals surface area contributed by atoms with Gasteiger partial charge < -0.3 is 9.84 Å². The molecule has 8 heteroatoms. The Balaban J connectivity index is 2.61. The van der Waals surface area contributed by atoms with Crippen LogP contribution in [0.2, 0.25) is 0 Å². The van der Waals surface area contributed by atoms with Crippen LogP contribution >= 0.6 is 27.7 Å². The zero-order chi connectivity index (χ0) is 13.8. The second-order valence-corrected chi connectivity index (χ2v) is 5.05. The van der Waals surface area contributed by atoms with E-state index in [1.807, 2.05) is 0 Å². The van der Waals surface area contributed by atoms with Crippen molar-refractivity contribution in [2.45, 2.75) is 11.1 Å². The van der Waals surface area contributed by atoms with Crippen molar-refractivity contribution in [3.63, 3.8) is 0 Å². The number of rotatable bonds is 5. The molecule has 1 rings (SSSR count). The van der Waals surface area contributed by atoms with Gasteiger partial charge in [0.2, 0.25) is 0 Å². The van der Waals surface area contributed by atoms with E-state index in [2.05, 4.69) is 20.7 Å². The van der Waals surface area contributed by atoms with E-state index >= 15 is 0 Å². The molecule has 0 saturated heterocycles. The molecular weight excluding hydrogens is 337 g/mol. The molecule has 1 aromatic rings. The molecule has 0 fully saturated rings. The lowest BCUT2D eigenvalue weighted by Gasteiger charge is -2.09. The van der Waals surface area contributed by atoms with Crippen molar-refractivity contribution in [3.05, 3.63) is 28.2 Å². The van der Waals surface area contributed by atoms with Crippen LogP contribution in [0, 0.1) is 0 Å². The standard InChI is InChI=1S/C10H8BrF3O3S/c11-6-1-2-7(9(15)16)8(3-6)18-5-17-4-10(12,13)14/h1-3H,4-5H2,(H,15,16). The number of ether oxygens (including phenoxy) is 1. The van der Waals surface area contributed by atoms with Crippen molar-refractivity contribution in [3.8, 4) is 0 Å². The molecule has 3 nitrogen and oxygen atoms in total. The molecular formula is C10H8BrF3O3S. The van der Waals surface area contributed by atoms with Crippen molar-refractivity contribution >= 4 is 33.7 Å². The van der Waals surface area contributed by atoms with Crippen molar-refractivity contribution in [1.82, 2.24) is 0 Å². The highest BCUT2D eigenvalue weighted by Gasteiger charge is 2.27. The highest BCUT2D eigenvalue weighted by atomic mass is 79.9. The number of aromatic carboxylic acids is 1. The number of hydrogen-bond acceptors (Lipinski definition) is 3. The first-order chi connectivity index (χ1) is 8.29. The molecule has 0 unspecified atom stereocenters. The van der Waals surface area contributed by atoms with Gasteiger partial charge in [0.15, 0.2) is 0 Å². The minimum atomic E-state index is -4.38. The second kappa shape index (κ2) is 6.44. The Hall–Kier alpha value is -0.730. The lowest BCUT2D eigenvalue weighted by atomic mass is 10.2. The van der Waals surface area contributed by atoms with Gasteiger partial charge in [-0.2, -0.15) is 13.2 Å². The molecule has 0 aliphatic rings. The summed E-state index contributed by atoms with van der Waals surface area (Å²) in [6.45, 7) is -1.35. The van der Waals surface area contributed by atoms with Gasteiger partial charge in [-0.1, -0.05) is 27.7 Å². The maximum absolute atomic E-state index is 11.8. The second-order valence-electron chi connectivity index (χ2n) is 3.17. The molecule has 0 saturated carbocycles. The van der Waals surface area contributed by atoms with E-state index in [4.69, 9.17) is 5.11 Å². The van der Waals surface area contributed by atoms with Gasteiger partial charge in [0.05, 0.1) is 11.5 Å². The van der Waals surface area contributed by atoms with E-state index in [9.17, 15) is 18.0 Å². The average Bonchev–Trinajstić information content (AvgIpc) is 2.22. The predicted molar refractivity (Wildman–Crippen MR) is 63.8 cm³/mol. The smallest absolute Gasteiger partial charge is 0.411 e. The SMILES string of the molecule is O=C(O)c1ccc(Br)cc1SCOCC(F)(F)F. The number of carboxylic acids is 1. The minimum absolute atomic E-state index is 0.0267. The number of benzene rings is 1. The summed E-state index contributed by atoms with van der Waals surface area (Å²) in [5.41, 5.74) is 0.0267. The number of carboxylic acid groups (broad SMARTS) is 1. The third-order valence-electron chi connectivity index (χ3n) is 1.74. The molecule has 0 aliphatic heterocycles. The van der Waals surface area contributed by atoms with Crippen LogP contribution in [0.1, 0.15) is 10.4 Å². The molecule has 100 valence electrons. The van der Waals surface area contributed by atoms with Gasteiger partial charge in [0.25, 0.3) is 0 Å². The molecule has 0 aromatic heterocycles. The Morgan fingerprint density at radius 2 is 2.11 bits per heavy atom. The molecule has 0 aliphatic carbocycles. The first kappa shape index (κ1) is 15.3. The Morgan fingerprint density at radius 1 is 1.44 bits per heavy atom. The van der Waals surface area contributed by atoms with Crippen LogP contribution in [-0.2, 0) is 4.74 Å². The van der Waals surface area contributed by atoms with E-state index in [0.29, 0.717) is 9.37 Å². The summed E-state index contributed by atoms with van der Waals surface area (Å²) in [6, 6.07) is 4.44. The first-order valence-corrected chi connectivity index (χ1v) is 6.37. The van der Waals surface area contributed by atoms with Gasteiger partial charge >= 0.3 is 12.1 Å². The normalized spacial score (nSPS) is 11.6. The van der Waals surface area contributed by atoms with Crippen molar-refractivity contribution in [1.29, 1.82) is 0 Å². The van der Waals surface area contributed by atoms with E-state index < -0.39 is 18.8 Å². The molecule has 1 N–H and O–H groups in total. The fraction of sp³-hybridized carbons (Fsp3) is 0.300. The summed E-state index contributed by atoms with van der Waals surface area (Å²) in [6.07, 6.45) is -4.38. The number of thioether (sulfide) groups is 1. The van der Waals surface area contributed by atoms with Crippen LogP contribution in [0.5, 0.6) is 0 Å². The third-order valence-corrected chi connectivity index (χ3v) is 3.16. The Kier molecular flexibility index (Phi) is 5.48. The zero-order valence-corrected chi connectivity index (χ0v) is 11.2. The average molecular weight is 345 g/mol. The summed E-state index contributed by atoms with van der Waals surface area (Å²) < 4.78 is 40.5. The van der Waals surface area contributed by atoms with E-state index in [1.165, 1.54) is 12.1 Å². The van der Waals surface area contributed by atoms with Gasteiger partial charge in [0.1, 0.15) is 6.61 Å². The number of hydrogen-bond donors (Lipinski definition) is 1. The Bertz CT molecular complexity index is 437. The quantitative estimate of drug-likeness (QED) is 0.501. The van der Waals surface area contributed by atoms with Crippen LogP contribution in [0.25, 0.3) is 0 Å². The summed E-state index contributed by atoms with van der Waals surface area (Å²) in [7, 11) is 0. The zero-order valence-electron chi connectivity index (χ0n) is 8.83. The minimum Gasteiger partial charge on any atom is -0.478 e. The fourth-order valence-corrected chi connectivity index (χ4v) is 2.38. The van der Waals surface area contributed by atoms with Crippen LogP contribution in [0.4, 0.5) is 13.2 Å². The van der Waals surface area contributed by atoms with Gasteiger partial charge in [-0.05, 0) is 18.2 Å². The van der Waals surface area contributed by atoms with Crippen LogP contribution in [0.3, 0.4) is 0 Å². The summed E-state index contributed by atoms with van der Waals surface area (Å²) >= 11 is 4.06. The van der Waals surface area contributed by atoms with Gasteiger partial charge in [-0.15, -0.1) is 0 Å². The van der Waals surface area contributed by atoms with E-state index in [1.54, 1.807) is 6.07 Å². The molecule has 0 bridgehead atoms. The molecule has 18 heavy (non-hydrogen) atoms. The van der Waals surface area contributed by atoms with E-state index in [-0.39, 0.29) is 11.5 Å². The maximum Gasteiger partial charge on any atom is 0.411 e. The predicted octanol–water partition coefficient (Wildman–Crippen LogP) is 3.78. The number of carbonyl (C=O) groups is 1. The fourth-order valence-electron chi connectivity index (χ4n) is 1.05. The molecule has 0 amide bonds. The highest BCUT2D eigenvalue weighted by Crippen LogP contribution is 2.27. The largest absolute Gasteiger partial charge is 0.478 e. The van der Waals surface area contributed by atoms with Crippen molar-refractivity contribution in [2.75, 3.05) is 12.5 Å². The van der Waals surface area contributed by atoms with Crippen LogP contribution < -0.4 is 0 Å². The molecule has 1 aromatic carbocycles. The third kappa shape index (κ3) is 5.28. The Labute approximate surface area is 113 Å². The summed E-state index contributed by atoms with van der Waals surface area (Å²) in [5, 5.41) is 8.89. The Morgan fingerprint density at radius 3 is 2.67 bits per heavy atom. The summed E-state index contributed by atoms with van der Waals surface area (Å²) in [5.74, 6) is -1.41. The first-order valence-electron chi connectivity index (χ1n) is 4.60. The van der Waals surface area contributed by atoms with Gasteiger partial charge in [0, 0.05) is 9.37 Å². The monoisotopic (exact) mass is 344 g/mol. The van der Waals surface area contributed by atoms with Gasteiger partial charge in [-0.25, -0.2) is 4.79 Å². The molecule has 0 atom stereocenters. The van der Waals surface area contributed by atoms with Crippen molar-refractivity contribution in [2.24, 2.45) is 0 Å². The van der Waals surface area contributed by atoms with Crippen molar-refractivity contribution < 1.29 is 27.8 Å². The van der Waals surface area contributed by atoms with Gasteiger partial charge in [-0.3, -0.25) is 0 Å². The lowest BCUT2D eigenvalue weighted by molar-refractivity contribution is -0.168.